The lowest BCUT2D eigenvalue weighted by Crippen LogP contribution is -2.18. The molecule has 0 aliphatic carbocycles. The van der Waals surface area contributed by atoms with Crippen molar-refractivity contribution in [3.63, 3.8) is 0 Å². The van der Waals surface area contributed by atoms with Crippen molar-refractivity contribution in [2.75, 3.05) is 0 Å². The molecule has 0 bridgehead atoms. The van der Waals surface area contributed by atoms with Gasteiger partial charge in [0, 0.05) is 0 Å². The molecular weight excluding hydrogens is 459 g/mol. The number of unbranched alkanes of at least 4 members (excludes halogenated alkanes) is 24. The van der Waals surface area contributed by atoms with Gasteiger partial charge in [-0.15, -0.1) is 22.2 Å². The zero-order valence-electron chi connectivity index (χ0n) is 23.1. The maximum Gasteiger partial charge on any atom is 0.251 e. The Morgan fingerprint density at radius 2 is 0.485 bits per heavy atom. The molecule has 0 spiro atoms. The highest BCUT2D eigenvalue weighted by Crippen LogP contribution is 2.30. The lowest BCUT2D eigenvalue weighted by atomic mass is 10.0. The highest BCUT2D eigenvalue weighted by atomic mass is 35.7. The molecule has 0 nitrogen and oxygen atoms in total. The zero-order chi connectivity index (χ0) is 24.3. The fourth-order valence-electron chi connectivity index (χ4n) is 4.93. The standard InChI is InChI=1S/C30H62Cl2Si/c1-3-5-7-9-11-13-15-16-17-18-19-20-22-24-26-28-30-33(31,32)29-27-25-23-21-14-12-10-8-6-4-2/h3-30H2,1-2H3. The number of hydrogen-bond acceptors (Lipinski definition) is 0. The van der Waals surface area contributed by atoms with Crippen molar-refractivity contribution >= 4 is 28.9 Å². The van der Waals surface area contributed by atoms with Crippen LogP contribution in [0.4, 0.5) is 0 Å². The molecule has 0 N–H and O–H groups in total. The van der Waals surface area contributed by atoms with Gasteiger partial charge in [-0.3, -0.25) is 0 Å². The van der Waals surface area contributed by atoms with Gasteiger partial charge in [0.25, 0.3) is 6.69 Å². The molecule has 0 amide bonds. The van der Waals surface area contributed by atoms with Gasteiger partial charge in [-0.1, -0.05) is 181 Å². The van der Waals surface area contributed by atoms with E-state index in [4.69, 9.17) is 22.2 Å². The lowest BCUT2D eigenvalue weighted by molar-refractivity contribution is 0.531. The van der Waals surface area contributed by atoms with Crippen molar-refractivity contribution < 1.29 is 0 Å². The van der Waals surface area contributed by atoms with E-state index in [0.717, 1.165) is 12.1 Å². The fraction of sp³-hybridized carbons (Fsp3) is 1.00. The van der Waals surface area contributed by atoms with Crippen molar-refractivity contribution in [2.24, 2.45) is 0 Å². The normalized spacial score (nSPS) is 12.0. The van der Waals surface area contributed by atoms with E-state index >= 15 is 0 Å². The molecule has 0 aliphatic rings. The van der Waals surface area contributed by atoms with E-state index in [2.05, 4.69) is 13.8 Å². The summed E-state index contributed by atoms with van der Waals surface area (Å²) in [5.74, 6) is 0. The molecule has 0 saturated carbocycles. The average molecular weight is 522 g/mol. The topological polar surface area (TPSA) is 0 Å². The summed E-state index contributed by atoms with van der Waals surface area (Å²) in [4.78, 5) is 0. The van der Waals surface area contributed by atoms with E-state index < -0.39 is 6.69 Å². The third-order valence-electron chi connectivity index (χ3n) is 7.29. The Morgan fingerprint density at radius 1 is 0.303 bits per heavy atom. The van der Waals surface area contributed by atoms with Gasteiger partial charge < -0.3 is 0 Å². The van der Waals surface area contributed by atoms with Crippen molar-refractivity contribution in [3.05, 3.63) is 0 Å². The van der Waals surface area contributed by atoms with Gasteiger partial charge in [-0.2, -0.15) is 0 Å². The van der Waals surface area contributed by atoms with E-state index in [1.54, 1.807) is 0 Å². The molecule has 0 aromatic carbocycles. The van der Waals surface area contributed by atoms with E-state index in [9.17, 15) is 0 Å². The van der Waals surface area contributed by atoms with Crippen LogP contribution in [-0.2, 0) is 0 Å². The Labute approximate surface area is 221 Å². The molecule has 0 saturated heterocycles. The summed E-state index contributed by atoms with van der Waals surface area (Å²) in [6.07, 6.45) is 36.6. The van der Waals surface area contributed by atoms with Crippen LogP contribution in [0.3, 0.4) is 0 Å². The van der Waals surface area contributed by atoms with Gasteiger partial charge in [0.1, 0.15) is 0 Å². The molecule has 0 radical (unpaired) electrons. The minimum atomic E-state index is -1.96. The molecule has 0 atom stereocenters. The first-order valence-electron chi connectivity index (χ1n) is 15.5. The van der Waals surface area contributed by atoms with Crippen LogP contribution in [0.5, 0.6) is 0 Å². The third kappa shape index (κ3) is 28.9. The van der Waals surface area contributed by atoms with Crippen LogP contribution in [0.1, 0.15) is 181 Å². The summed E-state index contributed by atoms with van der Waals surface area (Å²) in [7, 11) is 0. The van der Waals surface area contributed by atoms with E-state index in [-0.39, 0.29) is 0 Å². The van der Waals surface area contributed by atoms with Crippen LogP contribution in [0.25, 0.3) is 0 Å². The Bertz CT molecular complexity index is 359. The predicted molar refractivity (Wildman–Crippen MR) is 158 cm³/mol. The van der Waals surface area contributed by atoms with Gasteiger partial charge >= 0.3 is 0 Å². The first-order chi connectivity index (χ1) is 16.1. The lowest BCUT2D eigenvalue weighted by Gasteiger charge is -2.16. The second kappa shape index (κ2) is 27.4. The SMILES string of the molecule is CCCCCCCCCCCCCCCCCC[Si](Cl)(Cl)CCCCCCCCCCCC. The van der Waals surface area contributed by atoms with Gasteiger partial charge in [0.2, 0.25) is 0 Å². The first kappa shape index (κ1) is 33.8. The highest BCUT2D eigenvalue weighted by Gasteiger charge is 2.26. The van der Waals surface area contributed by atoms with Crippen LogP contribution >= 0.6 is 22.2 Å². The Hall–Kier alpha value is 0.797. The Balaban J connectivity index is 3.27. The molecule has 0 aliphatic heterocycles. The van der Waals surface area contributed by atoms with Crippen LogP contribution in [0.2, 0.25) is 12.1 Å². The predicted octanol–water partition coefficient (Wildman–Crippen LogP) is 13.1. The Kier molecular flexibility index (Phi) is 28.0. The van der Waals surface area contributed by atoms with Crippen molar-refractivity contribution in [1.82, 2.24) is 0 Å². The summed E-state index contributed by atoms with van der Waals surface area (Å²) in [6, 6.07) is 2.23. The van der Waals surface area contributed by atoms with Crippen molar-refractivity contribution in [3.8, 4) is 0 Å². The van der Waals surface area contributed by atoms with Gasteiger partial charge in [-0.25, -0.2) is 0 Å². The van der Waals surface area contributed by atoms with Crippen molar-refractivity contribution in [1.29, 1.82) is 0 Å². The smallest absolute Gasteiger partial charge is 0.146 e. The minimum Gasteiger partial charge on any atom is -0.146 e. The molecule has 0 heterocycles. The molecule has 3 heteroatoms. The average Bonchev–Trinajstić information content (AvgIpc) is 2.80. The number of halogens is 2. The largest absolute Gasteiger partial charge is 0.251 e. The summed E-state index contributed by atoms with van der Waals surface area (Å²) < 4.78 is 0. The van der Waals surface area contributed by atoms with Crippen LogP contribution in [0.15, 0.2) is 0 Å². The monoisotopic (exact) mass is 520 g/mol. The fourth-order valence-corrected chi connectivity index (χ4v) is 8.32. The molecule has 33 heavy (non-hydrogen) atoms. The number of rotatable bonds is 28. The van der Waals surface area contributed by atoms with Crippen LogP contribution < -0.4 is 0 Å². The van der Waals surface area contributed by atoms with E-state index in [1.807, 2.05) is 0 Å². The summed E-state index contributed by atoms with van der Waals surface area (Å²) in [6.45, 7) is 2.63. The summed E-state index contributed by atoms with van der Waals surface area (Å²) in [5.41, 5.74) is 0. The maximum absolute atomic E-state index is 6.72. The minimum absolute atomic E-state index is 1.12. The molecule has 200 valence electrons. The second-order valence-corrected chi connectivity index (χ2v) is 18.5. The van der Waals surface area contributed by atoms with Crippen molar-refractivity contribution in [2.45, 2.75) is 193 Å². The molecule has 0 aromatic heterocycles. The van der Waals surface area contributed by atoms with Gasteiger partial charge in [0.05, 0.1) is 0 Å². The second-order valence-electron chi connectivity index (χ2n) is 10.8. The van der Waals surface area contributed by atoms with Gasteiger partial charge in [-0.05, 0) is 12.1 Å². The summed E-state index contributed by atoms with van der Waals surface area (Å²) in [5, 5.41) is 0. The quantitative estimate of drug-likeness (QED) is 0.0545. The van der Waals surface area contributed by atoms with Crippen LogP contribution in [-0.4, -0.2) is 6.69 Å². The molecule has 0 fully saturated rings. The first-order valence-corrected chi connectivity index (χ1v) is 19.9. The molecule has 0 aromatic rings. The van der Waals surface area contributed by atoms with Crippen LogP contribution in [0, 0.1) is 0 Å². The Morgan fingerprint density at radius 3 is 0.697 bits per heavy atom. The molecule has 0 unspecified atom stereocenters. The van der Waals surface area contributed by atoms with E-state index in [0.29, 0.717) is 0 Å². The third-order valence-corrected chi connectivity index (χ3v) is 11.7. The molecule has 0 rings (SSSR count). The highest BCUT2D eigenvalue weighted by molar-refractivity contribution is 7.45. The van der Waals surface area contributed by atoms with Gasteiger partial charge in [0.15, 0.2) is 0 Å². The maximum atomic E-state index is 6.72. The molecular formula is C30H62Cl2Si. The zero-order valence-corrected chi connectivity index (χ0v) is 25.6. The van der Waals surface area contributed by atoms with E-state index in [1.165, 1.54) is 167 Å². The summed E-state index contributed by atoms with van der Waals surface area (Å²) >= 11 is 13.4. The number of hydrogen-bond donors (Lipinski definition) is 0.